The number of nitrogens with zero attached hydrogens (tertiary/aromatic N) is 1. The fourth-order valence-electron chi connectivity index (χ4n) is 1.89. The van der Waals surface area contributed by atoms with Gasteiger partial charge in [0.15, 0.2) is 0 Å². The minimum Gasteiger partial charge on any atom is -0.399 e. The molecule has 0 heterocycles. The molecule has 1 amide bonds. The molecule has 0 aromatic heterocycles. The van der Waals surface area contributed by atoms with Crippen LogP contribution >= 0.6 is 27.5 Å². The Morgan fingerprint density at radius 1 is 1.30 bits per heavy atom. The summed E-state index contributed by atoms with van der Waals surface area (Å²) in [5.41, 5.74) is 7.67. The number of carbonyl (C=O) groups excluding carboxylic acids is 1. The van der Waals surface area contributed by atoms with Gasteiger partial charge in [0.2, 0.25) is 0 Å². The molecule has 0 unspecified atom stereocenters. The standard InChI is InChI=1S/C15H14BrClN2O/c1-19(9-10-3-2-4-11(16)7-10)15(20)13-6-5-12(18)8-14(13)17/h2-8H,9,18H2,1H3. The molecule has 0 fully saturated rings. The third-order valence-electron chi connectivity index (χ3n) is 2.88. The van der Waals surface area contributed by atoms with Crippen LogP contribution in [0.25, 0.3) is 0 Å². The average molecular weight is 354 g/mol. The first-order valence-corrected chi connectivity index (χ1v) is 7.19. The van der Waals surface area contributed by atoms with Crippen molar-refractivity contribution in [3.8, 4) is 0 Å². The Kier molecular flexibility index (Phi) is 4.68. The van der Waals surface area contributed by atoms with Crippen molar-refractivity contribution in [2.24, 2.45) is 0 Å². The maximum Gasteiger partial charge on any atom is 0.255 e. The molecule has 0 spiro atoms. The third kappa shape index (κ3) is 3.52. The zero-order chi connectivity index (χ0) is 14.7. The van der Waals surface area contributed by atoms with Gasteiger partial charge in [0.05, 0.1) is 10.6 Å². The van der Waals surface area contributed by atoms with Crippen LogP contribution in [0.4, 0.5) is 5.69 Å². The van der Waals surface area contributed by atoms with Gasteiger partial charge in [-0.15, -0.1) is 0 Å². The van der Waals surface area contributed by atoms with Crippen molar-refractivity contribution in [2.75, 3.05) is 12.8 Å². The van der Waals surface area contributed by atoms with Crippen LogP contribution in [0.1, 0.15) is 15.9 Å². The number of halogens is 2. The molecular weight excluding hydrogens is 340 g/mol. The predicted molar refractivity (Wildman–Crippen MR) is 85.8 cm³/mol. The van der Waals surface area contributed by atoms with E-state index in [-0.39, 0.29) is 5.91 Å². The summed E-state index contributed by atoms with van der Waals surface area (Å²) in [6.45, 7) is 0.513. The highest BCUT2D eigenvalue weighted by atomic mass is 79.9. The molecule has 20 heavy (non-hydrogen) atoms. The maximum atomic E-state index is 12.4. The molecule has 104 valence electrons. The van der Waals surface area contributed by atoms with Gasteiger partial charge in [0.1, 0.15) is 0 Å². The lowest BCUT2D eigenvalue weighted by molar-refractivity contribution is 0.0785. The second kappa shape index (κ2) is 6.29. The first kappa shape index (κ1) is 14.9. The highest BCUT2D eigenvalue weighted by Gasteiger charge is 2.15. The van der Waals surface area contributed by atoms with Gasteiger partial charge in [0, 0.05) is 23.8 Å². The topological polar surface area (TPSA) is 46.3 Å². The molecule has 0 aliphatic carbocycles. The lowest BCUT2D eigenvalue weighted by atomic mass is 10.1. The highest BCUT2D eigenvalue weighted by Crippen LogP contribution is 2.21. The van der Waals surface area contributed by atoms with Crippen molar-refractivity contribution >= 4 is 39.1 Å². The molecule has 2 rings (SSSR count). The smallest absolute Gasteiger partial charge is 0.255 e. The molecule has 0 bridgehead atoms. The number of hydrogen-bond donors (Lipinski definition) is 1. The lowest BCUT2D eigenvalue weighted by Crippen LogP contribution is -2.26. The van der Waals surface area contributed by atoms with E-state index in [0.717, 1.165) is 10.0 Å². The Labute approximate surface area is 131 Å². The predicted octanol–water partition coefficient (Wildman–Crippen LogP) is 3.96. The van der Waals surface area contributed by atoms with Gasteiger partial charge in [-0.2, -0.15) is 0 Å². The Morgan fingerprint density at radius 3 is 2.70 bits per heavy atom. The molecule has 0 atom stereocenters. The van der Waals surface area contributed by atoms with Crippen LogP contribution in [0.3, 0.4) is 0 Å². The van der Waals surface area contributed by atoms with Gasteiger partial charge in [-0.05, 0) is 35.9 Å². The van der Waals surface area contributed by atoms with Crippen LogP contribution in [0.5, 0.6) is 0 Å². The van der Waals surface area contributed by atoms with Crippen molar-refractivity contribution in [3.05, 3.63) is 63.1 Å². The minimum atomic E-state index is -0.130. The van der Waals surface area contributed by atoms with E-state index in [9.17, 15) is 4.79 Å². The molecule has 2 aromatic rings. The molecule has 0 saturated carbocycles. The Hall–Kier alpha value is -1.52. The summed E-state index contributed by atoms with van der Waals surface area (Å²) in [6.07, 6.45) is 0. The zero-order valence-electron chi connectivity index (χ0n) is 10.9. The Morgan fingerprint density at radius 2 is 2.05 bits per heavy atom. The van der Waals surface area contributed by atoms with Gasteiger partial charge in [-0.3, -0.25) is 4.79 Å². The fourth-order valence-corrected chi connectivity index (χ4v) is 2.61. The summed E-state index contributed by atoms with van der Waals surface area (Å²) in [6, 6.07) is 12.7. The number of rotatable bonds is 3. The van der Waals surface area contributed by atoms with Crippen molar-refractivity contribution in [1.82, 2.24) is 4.90 Å². The van der Waals surface area contributed by atoms with Crippen molar-refractivity contribution in [2.45, 2.75) is 6.54 Å². The normalized spacial score (nSPS) is 10.3. The first-order valence-electron chi connectivity index (χ1n) is 6.02. The summed E-state index contributed by atoms with van der Waals surface area (Å²) in [5, 5.41) is 0.371. The summed E-state index contributed by atoms with van der Waals surface area (Å²) >= 11 is 9.48. The van der Waals surface area contributed by atoms with E-state index in [1.807, 2.05) is 24.3 Å². The number of nitrogen functional groups attached to an aromatic ring is 1. The highest BCUT2D eigenvalue weighted by molar-refractivity contribution is 9.10. The molecule has 2 aromatic carbocycles. The average Bonchev–Trinajstić information content (AvgIpc) is 2.38. The molecule has 2 N–H and O–H groups in total. The molecule has 0 saturated heterocycles. The SMILES string of the molecule is CN(Cc1cccc(Br)c1)C(=O)c1ccc(N)cc1Cl. The van der Waals surface area contributed by atoms with Gasteiger partial charge < -0.3 is 10.6 Å². The number of amides is 1. The van der Waals surface area contributed by atoms with Crippen LogP contribution in [-0.2, 0) is 6.54 Å². The second-order valence-corrected chi connectivity index (χ2v) is 5.85. The Bertz CT molecular complexity index is 646. The zero-order valence-corrected chi connectivity index (χ0v) is 13.3. The van der Waals surface area contributed by atoms with Crippen molar-refractivity contribution in [1.29, 1.82) is 0 Å². The molecule has 5 heteroatoms. The van der Waals surface area contributed by atoms with Gasteiger partial charge in [0.25, 0.3) is 5.91 Å². The van der Waals surface area contributed by atoms with Gasteiger partial charge in [-0.1, -0.05) is 39.7 Å². The van der Waals surface area contributed by atoms with E-state index in [4.69, 9.17) is 17.3 Å². The molecule has 0 radical (unpaired) electrons. The van der Waals surface area contributed by atoms with Crippen molar-refractivity contribution in [3.63, 3.8) is 0 Å². The summed E-state index contributed by atoms with van der Waals surface area (Å²) in [7, 11) is 1.75. The van der Waals surface area contributed by atoms with Gasteiger partial charge >= 0.3 is 0 Å². The minimum absolute atomic E-state index is 0.130. The summed E-state index contributed by atoms with van der Waals surface area (Å²) < 4.78 is 0.987. The van der Waals surface area contributed by atoms with E-state index in [0.29, 0.717) is 22.8 Å². The molecular formula is C15H14BrClN2O. The van der Waals surface area contributed by atoms with E-state index >= 15 is 0 Å². The Balaban J connectivity index is 2.16. The lowest BCUT2D eigenvalue weighted by Gasteiger charge is -2.18. The number of hydrogen-bond acceptors (Lipinski definition) is 2. The number of benzene rings is 2. The van der Waals surface area contributed by atoms with Crippen LogP contribution in [0, 0.1) is 0 Å². The van der Waals surface area contributed by atoms with Crippen molar-refractivity contribution < 1.29 is 4.79 Å². The van der Waals surface area contributed by atoms with E-state index in [1.165, 1.54) is 0 Å². The van der Waals surface area contributed by atoms with Gasteiger partial charge in [-0.25, -0.2) is 0 Å². The number of anilines is 1. The van der Waals surface area contributed by atoms with E-state index < -0.39 is 0 Å². The summed E-state index contributed by atoms with van der Waals surface area (Å²) in [5.74, 6) is -0.130. The molecule has 3 nitrogen and oxygen atoms in total. The first-order chi connectivity index (χ1) is 9.47. The second-order valence-electron chi connectivity index (χ2n) is 4.53. The largest absolute Gasteiger partial charge is 0.399 e. The van der Waals surface area contributed by atoms with Crippen LogP contribution in [0.2, 0.25) is 5.02 Å². The van der Waals surface area contributed by atoms with Crippen LogP contribution < -0.4 is 5.73 Å². The fraction of sp³-hybridized carbons (Fsp3) is 0.133. The van der Waals surface area contributed by atoms with E-state index in [1.54, 1.807) is 30.1 Å². The maximum absolute atomic E-state index is 12.4. The van der Waals surface area contributed by atoms with E-state index in [2.05, 4.69) is 15.9 Å². The molecule has 0 aliphatic rings. The number of carbonyl (C=O) groups is 1. The summed E-state index contributed by atoms with van der Waals surface area (Å²) in [4.78, 5) is 14.0. The van der Waals surface area contributed by atoms with Crippen LogP contribution in [0.15, 0.2) is 46.9 Å². The third-order valence-corrected chi connectivity index (χ3v) is 3.68. The molecule has 0 aliphatic heterocycles. The van der Waals surface area contributed by atoms with Crippen LogP contribution in [-0.4, -0.2) is 17.9 Å². The monoisotopic (exact) mass is 352 g/mol. The number of nitrogens with two attached hydrogens (primary N) is 1. The quantitative estimate of drug-likeness (QED) is 0.849.